The third-order valence-electron chi connectivity index (χ3n) is 5.86. The molecule has 1 N–H and O–H groups in total. The highest BCUT2D eigenvalue weighted by atomic mass is 32.2. The number of rotatable bonds is 6. The Hall–Kier alpha value is -2.40. The van der Waals surface area contributed by atoms with Gasteiger partial charge in [0.05, 0.1) is 12.4 Å². The summed E-state index contributed by atoms with van der Waals surface area (Å²) in [6, 6.07) is 16.5. The molecule has 29 heavy (non-hydrogen) atoms. The Labute approximate surface area is 176 Å². The van der Waals surface area contributed by atoms with Crippen molar-refractivity contribution in [3.63, 3.8) is 0 Å². The van der Waals surface area contributed by atoms with Gasteiger partial charge in [0.2, 0.25) is 5.91 Å². The third kappa shape index (κ3) is 4.45. The molecule has 5 heteroatoms. The quantitative estimate of drug-likeness (QED) is 0.609. The molecule has 1 unspecified atom stereocenters. The van der Waals surface area contributed by atoms with E-state index in [1.807, 2.05) is 31.2 Å². The van der Waals surface area contributed by atoms with Crippen LogP contribution in [0.3, 0.4) is 0 Å². The second-order valence-corrected chi connectivity index (χ2v) is 9.02. The lowest BCUT2D eigenvalue weighted by molar-refractivity contribution is -0.131. The Morgan fingerprint density at radius 2 is 1.97 bits per heavy atom. The number of aromatic amines is 1. The van der Waals surface area contributed by atoms with Crippen molar-refractivity contribution in [1.82, 2.24) is 9.88 Å². The number of thioether (sulfide) groups is 1. The molecule has 1 atom stereocenters. The van der Waals surface area contributed by atoms with Crippen molar-refractivity contribution < 1.29 is 9.53 Å². The fourth-order valence-corrected chi connectivity index (χ4v) is 5.05. The van der Waals surface area contributed by atoms with Crippen LogP contribution in [0.1, 0.15) is 36.8 Å². The molecular weight excluding hydrogens is 380 g/mol. The number of carbonyl (C=O) groups excluding carboxylic acids is 1. The van der Waals surface area contributed by atoms with Crippen LogP contribution in [-0.2, 0) is 10.5 Å². The number of amides is 1. The molecule has 0 spiro atoms. The molecule has 0 saturated carbocycles. The lowest BCUT2D eigenvalue weighted by Crippen LogP contribution is -2.41. The molecule has 0 bridgehead atoms. The first-order chi connectivity index (χ1) is 14.2. The van der Waals surface area contributed by atoms with Crippen molar-refractivity contribution >= 4 is 28.6 Å². The minimum Gasteiger partial charge on any atom is -0.497 e. The maximum atomic E-state index is 12.9. The molecule has 1 aliphatic rings. The number of methoxy groups -OCH3 is 1. The SMILES string of the molecule is COc1ccc2[nH]cc(C3CCN(C(=O)C(C)SCc4ccccc4)CC3)c2c1. The highest BCUT2D eigenvalue weighted by Gasteiger charge is 2.28. The Bertz CT molecular complexity index is 961. The summed E-state index contributed by atoms with van der Waals surface area (Å²) in [5.74, 6) is 2.51. The smallest absolute Gasteiger partial charge is 0.235 e. The molecule has 4 nitrogen and oxygen atoms in total. The van der Waals surface area contributed by atoms with Gasteiger partial charge in [0.15, 0.2) is 0 Å². The number of benzene rings is 2. The molecule has 2 heterocycles. The van der Waals surface area contributed by atoms with Crippen molar-refractivity contribution in [1.29, 1.82) is 0 Å². The van der Waals surface area contributed by atoms with Gasteiger partial charge in [0, 0.05) is 35.9 Å². The molecule has 1 fully saturated rings. The average Bonchev–Trinajstić information content (AvgIpc) is 3.21. The number of carbonyl (C=O) groups is 1. The molecular formula is C24H28N2O2S. The minimum atomic E-state index is -0.0101. The maximum Gasteiger partial charge on any atom is 0.235 e. The van der Waals surface area contributed by atoms with E-state index in [2.05, 4.69) is 40.3 Å². The highest BCUT2D eigenvalue weighted by molar-refractivity contribution is 7.99. The monoisotopic (exact) mass is 408 g/mol. The van der Waals surface area contributed by atoms with Gasteiger partial charge in [-0.3, -0.25) is 4.79 Å². The summed E-state index contributed by atoms with van der Waals surface area (Å²) < 4.78 is 5.39. The van der Waals surface area contributed by atoms with Gasteiger partial charge >= 0.3 is 0 Å². The number of piperidine rings is 1. The van der Waals surface area contributed by atoms with E-state index in [1.165, 1.54) is 16.5 Å². The normalized spacial score (nSPS) is 16.1. The predicted molar refractivity (Wildman–Crippen MR) is 121 cm³/mol. The zero-order valence-electron chi connectivity index (χ0n) is 17.1. The van der Waals surface area contributed by atoms with Crippen LogP contribution in [0.25, 0.3) is 10.9 Å². The van der Waals surface area contributed by atoms with Crippen molar-refractivity contribution in [2.45, 2.75) is 36.7 Å². The molecule has 0 radical (unpaired) electrons. The summed E-state index contributed by atoms with van der Waals surface area (Å²) in [4.78, 5) is 18.3. The molecule has 1 amide bonds. The van der Waals surface area contributed by atoms with Crippen LogP contribution in [0, 0.1) is 0 Å². The van der Waals surface area contributed by atoms with Gasteiger partial charge in [-0.05, 0) is 55.0 Å². The fourth-order valence-electron chi connectivity index (χ4n) is 4.12. The molecule has 1 aliphatic heterocycles. The van der Waals surface area contributed by atoms with Crippen LogP contribution in [0.4, 0.5) is 0 Å². The van der Waals surface area contributed by atoms with Crippen LogP contribution in [-0.4, -0.2) is 41.2 Å². The van der Waals surface area contributed by atoms with Crippen molar-refractivity contribution in [3.05, 3.63) is 65.9 Å². The van der Waals surface area contributed by atoms with Gasteiger partial charge in [0.1, 0.15) is 5.75 Å². The van der Waals surface area contributed by atoms with Gasteiger partial charge in [0.25, 0.3) is 0 Å². The largest absolute Gasteiger partial charge is 0.497 e. The fraction of sp³-hybridized carbons (Fsp3) is 0.375. The second kappa shape index (κ2) is 8.95. The van der Waals surface area contributed by atoms with E-state index < -0.39 is 0 Å². The van der Waals surface area contributed by atoms with E-state index in [9.17, 15) is 4.79 Å². The second-order valence-electron chi connectivity index (χ2n) is 7.69. The number of hydrogen-bond donors (Lipinski definition) is 1. The van der Waals surface area contributed by atoms with Gasteiger partial charge in [-0.15, -0.1) is 11.8 Å². The zero-order chi connectivity index (χ0) is 20.2. The maximum absolute atomic E-state index is 12.9. The average molecular weight is 409 g/mol. The zero-order valence-corrected chi connectivity index (χ0v) is 17.9. The van der Waals surface area contributed by atoms with E-state index in [1.54, 1.807) is 18.9 Å². The molecule has 3 aromatic rings. The summed E-state index contributed by atoms with van der Waals surface area (Å²) >= 11 is 1.73. The van der Waals surface area contributed by atoms with E-state index in [-0.39, 0.29) is 11.2 Å². The first kappa shape index (κ1) is 19.9. The first-order valence-corrected chi connectivity index (χ1v) is 11.3. The lowest BCUT2D eigenvalue weighted by atomic mass is 9.89. The lowest BCUT2D eigenvalue weighted by Gasteiger charge is -2.33. The van der Waals surface area contributed by atoms with Crippen LogP contribution < -0.4 is 4.74 Å². The van der Waals surface area contributed by atoms with E-state index >= 15 is 0 Å². The molecule has 1 aromatic heterocycles. The van der Waals surface area contributed by atoms with E-state index in [0.29, 0.717) is 5.92 Å². The molecule has 2 aromatic carbocycles. The molecule has 0 aliphatic carbocycles. The van der Waals surface area contributed by atoms with Gasteiger partial charge < -0.3 is 14.6 Å². The highest BCUT2D eigenvalue weighted by Crippen LogP contribution is 2.35. The summed E-state index contributed by atoms with van der Waals surface area (Å²) in [5, 5.41) is 1.23. The van der Waals surface area contributed by atoms with Gasteiger partial charge in [-0.25, -0.2) is 0 Å². The molecule has 152 valence electrons. The Kier molecular flexibility index (Phi) is 6.14. The predicted octanol–water partition coefficient (Wildman–Crippen LogP) is 5.20. The third-order valence-corrected chi connectivity index (χ3v) is 7.06. The van der Waals surface area contributed by atoms with Crippen molar-refractivity contribution in [2.24, 2.45) is 0 Å². The van der Waals surface area contributed by atoms with E-state index in [0.717, 1.165) is 43.0 Å². The summed E-state index contributed by atoms with van der Waals surface area (Å²) in [7, 11) is 1.70. The number of aromatic nitrogens is 1. The van der Waals surface area contributed by atoms with Gasteiger partial charge in [-0.1, -0.05) is 30.3 Å². The molecule has 4 rings (SSSR count). The number of H-pyrrole nitrogens is 1. The minimum absolute atomic E-state index is 0.0101. The Morgan fingerprint density at radius 3 is 2.69 bits per heavy atom. The van der Waals surface area contributed by atoms with Crippen LogP contribution >= 0.6 is 11.8 Å². The summed E-state index contributed by atoms with van der Waals surface area (Å²) in [6.45, 7) is 3.70. The summed E-state index contributed by atoms with van der Waals surface area (Å²) in [6.07, 6.45) is 4.14. The number of fused-ring (bicyclic) bond motifs is 1. The number of ether oxygens (including phenoxy) is 1. The van der Waals surface area contributed by atoms with Crippen molar-refractivity contribution in [2.75, 3.05) is 20.2 Å². The molecule has 1 saturated heterocycles. The number of nitrogens with zero attached hydrogens (tertiary/aromatic N) is 1. The number of hydrogen-bond acceptors (Lipinski definition) is 3. The van der Waals surface area contributed by atoms with Crippen LogP contribution in [0.5, 0.6) is 5.75 Å². The van der Waals surface area contributed by atoms with E-state index in [4.69, 9.17) is 4.74 Å². The topological polar surface area (TPSA) is 45.3 Å². The number of likely N-dealkylation sites (tertiary alicyclic amines) is 1. The Balaban J connectivity index is 1.35. The van der Waals surface area contributed by atoms with Gasteiger partial charge in [-0.2, -0.15) is 0 Å². The van der Waals surface area contributed by atoms with Crippen LogP contribution in [0.2, 0.25) is 0 Å². The van der Waals surface area contributed by atoms with Crippen LogP contribution in [0.15, 0.2) is 54.7 Å². The number of nitrogens with one attached hydrogen (secondary N) is 1. The standard InChI is InChI=1S/C24H28N2O2S/c1-17(29-16-18-6-4-3-5-7-18)24(27)26-12-10-19(11-13-26)22-15-25-23-9-8-20(28-2)14-21(22)23/h3-9,14-15,17,19,25H,10-13,16H2,1-2H3. The first-order valence-electron chi connectivity index (χ1n) is 10.2. The Morgan fingerprint density at radius 1 is 1.21 bits per heavy atom. The summed E-state index contributed by atoms with van der Waals surface area (Å²) in [5.41, 5.74) is 3.76. The van der Waals surface area contributed by atoms with Crippen molar-refractivity contribution in [3.8, 4) is 5.75 Å².